The fraction of sp³-hybridized carbons (Fsp3) is 0.0769. The van der Waals surface area contributed by atoms with Gasteiger partial charge in [0.15, 0.2) is 0 Å². The molecule has 0 spiro atoms. The van der Waals surface area contributed by atoms with E-state index in [9.17, 15) is 0 Å². The van der Waals surface area contributed by atoms with Crippen LogP contribution < -0.4 is 0 Å². The molecule has 0 aliphatic carbocycles. The maximum Gasteiger partial charge on any atom is 0.0355 e. The van der Waals surface area contributed by atoms with E-state index in [1.54, 1.807) is 0 Å². The molecule has 0 nitrogen and oxygen atoms in total. The van der Waals surface area contributed by atoms with E-state index in [1.165, 1.54) is 85.9 Å². The maximum absolute atomic E-state index is 2.47. The zero-order chi connectivity index (χ0) is 26.8. The van der Waals surface area contributed by atoms with Crippen LogP contribution in [0.25, 0.3) is 74.7 Å². The first-order valence-corrected chi connectivity index (χ1v) is 14.9. The molecule has 0 saturated heterocycles. The van der Waals surface area contributed by atoms with Crippen LogP contribution in [0.15, 0.2) is 121 Å². The molecule has 8 rings (SSSR count). The number of hydrogen-bond donors (Lipinski definition) is 0. The summed E-state index contributed by atoms with van der Waals surface area (Å²) in [6.45, 7) is 4.56. The van der Waals surface area contributed by atoms with Gasteiger partial charge in [-0.1, -0.05) is 104 Å². The Hall–Kier alpha value is -4.46. The Balaban J connectivity index is 1.44. The molecule has 0 unspecified atom stereocenters. The van der Waals surface area contributed by atoms with Crippen molar-refractivity contribution in [2.75, 3.05) is 0 Å². The minimum absolute atomic E-state index is 0.989. The molecule has 190 valence electrons. The topological polar surface area (TPSA) is 0 Å². The van der Waals surface area contributed by atoms with Crippen molar-refractivity contribution in [2.45, 2.75) is 20.3 Å². The Morgan fingerprint density at radius 3 is 1.77 bits per heavy atom. The van der Waals surface area contributed by atoms with Crippen LogP contribution in [0, 0.1) is 6.92 Å². The molecule has 0 amide bonds. The number of fused-ring (bicyclic) bond motifs is 9. The van der Waals surface area contributed by atoms with Crippen LogP contribution in [-0.2, 0) is 6.42 Å². The predicted octanol–water partition coefficient (Wildman–Crippen LogP) is 11.7. The van der Waals surface area contributed by atoms with E-state index in [4.69, 9.17) is 0 Å². The van der Waals surface area contributed by atoms with E-state index in [0.717, 1.165) is 6.42 Å². The molecule has 0 fully saturated rings. The second-order valence-corrected chi connectivity index (χ2v) is 11.9. The summed E-state index contributed by atoms with van der Waals surface area (Å²) >= 11 is 1.88. The molecular formula is C39H28S. The van der Waals surface area contributed by atoms with Crippen LogP contribution in [0.2, 0.25) is 0 Å². The summed E-state index contributed by atoms with van der Waals surface area (Å²) in [6.07, 6.45) is 0.989. The first kappa shape index (κ1) is 23.4. The van der Waals surface area contributed by atoms with Gasteiger partial charge in [-0.25, -0.2) is 0 Å². The molecule has 1 aromatic heterocycles. The van der Waals surface area contributed by atoms with Crippen molar-refractivity contribution in [3.05, 3.63) is 132 Å². The van der Waals surface area contributed by atoms with Gasteiger partial charge in [0.05, 0.1) is 0 Å². The molecule has 0 bridgehead atoms. The normalized spacial score (nSPS) is 11.8. The van der Waals surface area contributed by atoms with Crippen molar-refractivity contribution in [1.29, 1.82) is 0 Å². The fourth-order valence-corrected chi connectivity index (χ4v) is 7.76. The summed E-state index contributed by atoms with van der Waals surface area (Å²) < 4.78 is 2.69. The van der Waals surface area contributed by atoms with E-state index < -0.39 is 0 Å². The van der Waals surface area contributed by atoms with Crippen molar-refractivity contribution in [3.63, 3.8) is 0 Å². The Morgan fingerprint density at radius 2 is 1.07 bits per heavy atom. The maximum atomic E-state index is 2.47. The zero-order valence-electron chi connectivity index (χ0n) is 22.7. The van der Waals surface area contributed by atoms with Gasteiger partial charge in [0.2, 0.25) is 0 Å². The van der Waals surface area contributed by atoms with Gasteiger partial charge in [0, 0.05) is 20.2 Å². The largest absolute Gasteiger partial charge is 0.135 e. The summed E-state index contributed by atoms with van der Waals surface area (Å²) in [5, 5.41) is 10.6. The molecule has 0 N–H and O–H groups in total. The molecule has 0 atom stereocenters. The van der Waals surface area contributed by atoms with E-state index in [0.29, 0.717) is 0 Å². The van der Waals surface area contributed by atoms with Gasteiger partial charge in [0.25, 0.3) is 0 Å². The van der Waals surface area contributed by atoms with Crippen LogP contribution >= 0.6 is 11.3 Å². The molecule has 1 heterocycles. The second-order valence-electron chi connectivity index (χ2n) is 10.8. The third-order valence-electron chi connectivity index (χ3n) is 8.58. The lowest BCUT2D eigenvalue weighted by Crippen LogP contribution is -1.95. The Bertz CT molecular complexity index is 2260. The number of benzene rings is 7. The molecule has 40 heavy (non-hydrogen) atoms. The highest BCUT2D eigenvalue weighted by Gasteiger charge is 2.17. The zero-order valence-corrected chi connectivity index (χ0v) is 23.5. The lowest BCUT2D eigenvalue weighted by molar-refractivity contribution is 1.14. The van der Waals surface area contributed by atoms with Gasteiger partial charge in [-0.15, -0.1) is 11.3 Å². The third kappa shape index (κ3) is 3.44. The molecule has 7 aromatic carbocycles. The first-order chi connectivity index (χ1) is 19.7. The number of rotatable bonds is 3. The van der Waals surface area contributed by atoms with Gasteiger partial charge < -0.3 is 0 Å². The monoisotopic (exact) mass is 528 g/mol. The molecule has 0 aliphatic heterocycles. The minimum atomic E-state index is 0.989. The SMILES string of the molecule is CCc1cccc(-c2ccc3sc4ccccc4c3c2)c1-c1cc2c3ccccc3c3ccccc3c2cc1C. The third-order valence-corrected chi connectivity index (χ3v) is 9.73. The van der Waals surface area contributed by atoms with Crippen LogP contribution in [-0.4, -0.2) is 0 Å². The van der Waals surface area contributed by atoms with Crippen LogP contribution in [0.3, 0.4) is 0 Å². The molecule has 1 heteroatoms. The second kappa shape index (κ2) is 9.05. The van der Waals surface area contributed by atoms with Crippen LogP contribution in [0.4, 0.5) is 0 Å². The van der Waals surface area contributed by atoms with Gasteiger partial charge in [0.1, 0.15) is 0 Å². The van der Waals surface area contributed by atoms with Crippen molar-refractivity contribution < 1.29 is 0 Å². The number of thiophene rings is 1. The summed E-state index contributed by atoms with van der Waals surface area (Å²) in [4.78, 5) is 0. The van der Waals surface area contributed by atoms with Crippen molar-refractivity contribution >= 4 is 63.8 Å². The smallest absolute Gasteiger partial charge is 0.0355 e. The highest BCUT2D eigenvalue weighted by Crippen LogP contribution is 2.44. The van der Waals surface area contributed by atoms with Gasteiger partial charge in [-0.3, -0.25) is 0 Å². The molecular weight excluding hydrogens is 500 g/mol. The standard InChI is InChI=1S/C39H28S/c1-3-25-11-10-17-27(26-19-20-38-36(22-26)32-16-8-9-18-37(32)40-38)39(25)33-23-35-31-15-7-5-13-29(31)28-12-4-6-14-30(28)34(35)21-24(33)2/h4-23H,3H2,1-2H3. The fourth-order valence-electron chi connectivity index (χ4n) is 6.68. The van der Waals surface area contributed by atoms with Gasteiger partial charge in [-0.05, 0) is 103 Å². The predicted molar refractivity (Wildman–Crippen MR) is 177 cm³/mol. The van der Waals surface area contributed by atoms with Crippen LogP contribution in [0.1, 0.15) is 18.1 Å². The molecule has 0 radical (unpaired) electrons. The Morgan fingerprint density at radius 1 is 0.475 bits per heavy atom. The van der Waals surface area contributed by atoms with E-state index in [2.05, 4.69) is 135 Å². The van der Waals surface area contributed by atoms with E-state index in [-0.39, 0.29) is 0 Å². The van der Waals surface area contributed by atoms with Gasteiger partial charge in [-0.2, -0.15) is 0 Å². The Labute approximate surface area is 238 Å². The quantitative estimate of drug-likeness (QED) is 0.200. The average molecular weight is 529 g/mol. The Kier molecular flexibility index (Phi) is 5.30. The highest BCUT2D eigenvalue weighted by molar-refractivity contribution is 7.25. The van der Waals surface area contributed by atoms with Crippen LogP contribution in [0.5, 0.6) is 0 Å². The molecule has 0 saturated carbocycles. The highest BCUT2D eigenvalue weighted by atomic mass is 32.1. The lowest BCUT2D eigenvalue weighted by atomic mass is 9.84. The summed E-state index contributed by atoms with van der Waals surface area (Å²) in [5.41, 5.74) is 7.99. The van der Waals surface area contributed by atoms with Crippen molar-refractivity contribution in [1.82, 2.24) is 0 Å². The minimum Gasteiger partial charge on any atom is -0.135 e. The summed E-state index contributed by atoms with van der Waals surface area (Å²) in [6, 6.07) is 45.3. The lowest BCUT2D eigenvalue weighted by Gasteiger charge is -2.19. The number of hydrogen-bond acceptors (Lipinski definition) is 1. The van der Waals surface area contributed by atoms with Gasteiger partial charge >= 0.3 is 0 Å². The molecule has 8 aromatic rings. The van der Waals surface area contributed by atoms with Crippen molar-refractivity contribution in [3.8, 4) is 22.3 Å². The molecule has 0 aliphatic rings. The average Bonchev–Trinajstić information content (AvgIpc) is 3.38. The van der Waals surface area contributed by atoms with E-state index >= 15 is 0 Å². The number of aryl methyl sites for hydroxylation is 2. The first-order valence-electron chi connectivity index (χ1n) is 14.1. The summed E-state index contributed by atoms with van der Waals surface area (Å²) in [5.74, 6) is 0. The van der Waals surface area contributed by atoms with E-state index in [1.807, 2.05) is 11.3 Å². The van der Waals surface area contributed by atoms with Crippen molar-refractivity contribution in [2.24, 2.45) is 0 Å². The summed E-state index contributed by atoms with van der Waals surface area (Å²) in [7, 11) is 0.